The molecule has 0 aliphatic heterocycles. The molecule has 0 unspecified atom stereocenters. The first kappa shape index (κ1) is 12.0. The van der Waals surface area contributed by atoms with Crippen molar-refractivity contribution in [1.29, 1.82) is 0 Å². The minimum absolute atomic E-state index is 0.00958. The average molecular weight is 225 g/mol. The maximum atomic E-state index is 11.7. The van der Waals surface area contributed by atoms with Gasteiger partial charge in [0.2, 0.25) is 5.78 Å². The molecule has 0 spiro atoms. The summed E-state index contributed by atoms with van der Waals surface area (Å²) in [5.41, 5.74) is 0. The predicted octanol–water partition coefficient (Wildman–Crippen LogP) is 2.94. The van der Waals surface area contributed by atoms with Gasteiger partial charge in [-0.15, -0.1) is 11.8 Å². The van der Waals surface area contributed by atoms with Gasteiger partial charge in [0.25, 0.3) is 0 Å². The highest BCUT2D eigenvalue weighted by molar-refractivity contribution is 8.13. The van der Waals surface area contributed by atoms with Crippen LogP contribution < -0.4 is 0 Å². The van der Waals surface area contributed by atoms with Crippen molar-refractivity contribution >= 4 is 22.6 Å². The van der Waals surface area contributed by atoms with Crippen LogP contribution in [-0.4, -0.2) is 23.6 Å². The van der Waals surface area contributed by atoms with Gasteiger partial charge in [0.15, 0.2) is 5.76 Å². The summed E-state index contributed by atoms with van der Waals surface area (Å²) in [4.78, 5) is 15.9. The lowest BCUT2D eigenvalue weighted by Gasteiger charge is -2.00. The monoisotopic (exact) mass is 225 g/mol. The molecule has 0 radical (unpaired) electrons. The summed E-state index contributed by atoms with van der Waals surface area (Å²) in [5.74, 6) is 1.17. The zero-order chi connectivity index (χ0) is 11.3. The molecule has 0 aliphatic rings. The van der Waals surface area contributed by atoms with Crippen molar-refractivity contribution in [2.24, 2.45) is 4.99 Å². The molecule has 1 aromatic rings. The number of carbonyl (C=O) groups excluding carboxylic acids is 1. The number of nitrogens with zero attached hydrogens (tertiary/aromatic N) is 1. The van der Waals surface area contributed by atoms with Crippen LogP contribution in [0.1, 0.15) is 29.7 Å². The van der Waals surface area contributed by atoms with Crippen molar-refractivity contribution < 1.29 is 9.21 Å². The second-order valence-electron chi connectivity index (χ2n) is 3.08. The summed E-state index contributed by atoms with van der Waals surface area (Å²) in [6.45, 7) is 4.49. The van der Waals surface area contributed by atoms with Crippen LogP contribution in [0.4, 0.5) is 0 Å². The number of aryl methyl sites for hydroxylation is 1. The van der Waals surface area contributed by atoms with Gasteiger partial charge in [-0.05, 0) is 32.2 Å². The van der Waals surface area contributed by atoms with Crippen molar-refractivity contribution in [3.8, 4) is 0 Å². The van der Waals surface area contributed by atoms with E-state index in [0.29, 0.717) is 18.7 Å². The summed E-state index contributed by atoms with van der Waals surface area (Å²) in [5, 5.41) is 0.858. The standard InChI is InChI=1S/C11H15NO2S/c1-4-12-11(15-3)7-9(13)10-6-5-8(2)14-10/h5-6H,4,7H2,1-3H3. The van der Waals surface area contributed by atoms with Gasteiger partial charge in [-0.3, -0.25) is 9.79 Å². The Hall–Kier alpha value is -1.03. The highest BCUT2D eigenvalue weighted by atomic mass is 32.2. The largest absolute Gasteiger partial charge is 0.458 e. The molecule has 0 atom stereocenters. The van der Waals surface area contributed by atoms with Gasteiger partial charge in [0, 0.05) is 6.54 Å². The number of aliphatic imine (C=N–C) groups is 1. The van der Waals surface area contributed by atoms with Crippen LogP contribution in [0.2, 0.25) is 0 Å². The third-order valence-corrected chi connectivity index (χ3v) is 2.64. The Labute approximate surface area is 94.0 Å². The third kappa shape index (κ3) is 3.55. The molecule has 0 amide bonds. The Morgan fingerprint density at radius 3 is 2.73 bits per heavy atom. The first-order chi connectivity index (χ1) is 7.17. The van der Waals surface area contributed by atoms with Crippen LogP contribution in [0.5, 0.6) is 0 Å². The van der Waals surface area contributed by atoms with Crippen molar-refractivity contribution in [3.05, 3.63) is 23.7 Å². The van der Waals surface area contributed by atoms with Gasteiger partial charge in [-0.25, -0.2) is 0 Å². The third-order valence-electron chi connectivity index (χ3n) is 1.90. The zero-order valence-electron chi connectivity index (χ0n) is 9.24. The van der Waals surface area contributed by atoms with E-state index in [1.807, 2.05) is 20.1 Å². The van der Waals surface area contributed by atoms with E-state index in [-0.39, 0.29) is 5.78 Å². The molecule has 4 heteroatoms. The summed E-state index contributed by atoms with van der Waals surface area (Å²) >= 11 is 1.51. The van der Waals surface area contributed by atoms with E-state index in [1.54, 1.807) is 12.1 Å². The molecule has 0 bridgehead atoms. The summed E-state index contributed by atoms with van der Waals surface area (Å²) in [6, 6.07) is 3.50. The van der Waals surface area contributed by atoms with Crippen LogP contribution in [0, 0.1) is 6.92 Å². The fraction of sp³-hybridized carbons (Fsp3) is 0.455. The van der Waals surface area contributed by atoms with E-state index in [9.17, 15) is 4.79 Å². The lowest BCUT2D eigenvalue weighted by molar-refractivity contribution is 0.0973. The topological polar surface area (TPSA) is 42.6 Å². The molecule has 0 saturated heterocycles. The normalized spacial score (nSPS) is 11.8. The van der Waals surface area contributed by atoms with Crippen molar-refractivity contribution in [2.75, 3.05) is 12.8 Å². The van der Waals surface area contributed by atoms with Gasteiger partial charge < -0.3 is 4.42 Å². The SMILES string of the molecule is CCN=C(CC(=O)c1ccc(C)o1)SC. The van der Waals surface area contributed by atoms with E-state index in [0.717, 1.165) is 10.8 Å². The van der Waals surface area contributed by atoms with E-state index in [4.69, 9.17) is 4.42 Å². The van der Waals surface area contributed by atoms with Crippen LogP contribution in [-0.2, 0) is 0 Å². The number of hydrogen-bond acceptors (Lipinski definition) is 4. The van der Waals surface area contributed by atoms with Gasteiger partial charge in [0.05, 0.1) is 11.5 Å². The second kappa shape index (κ2) is 5.75. The van der Waals surface area contributed by atoms with E-state index in [1.165, 1.54) is 11.8 Å². The second-order valence-corrected chi connectivity index (χ2v) is 3.96. The van der Waals surface area contributed by atoms with E-state index < -0.39 is 0 Å². The number of ketones is 1. The molecule has 82 valence electrons. The molecule has 0 aliphatic carbocycles. The molecule has 0 aromatic carbocycles. The Bertz CT molecular complexity index is 368. The first-order valence-corrected chi connectivity index (χ1v) is 6.06. The molecule has 1 heterocycles. The quantitative estimate of drug-likeness (QED) is 0.449. The highest BCUT2D eigenvalue weighted by Gasteiger charge is 2.12. The minimum Gasteiger partial charge on any atom is -0.458 e. The lowest BCUT2D eigenvalue weighted by Crippen LogP contribution is -2.04. The molecule has 1 aromatic heterocycles. The molecule has 0 saturated carbocycles. The summed E-state index contributed by atoms with van der Waals surface area (Å²) in [7, 11) is 0. The minimum atomic E-state index is -0.00958. The Kier molecular flexibility index (Phi) is 4.62. The van der Waals surface area contributed by atoms with Crippen LogP contribution in [0.25, 0.3) is 0 Å². The number of hydrogen-bond donors (Lipinski definition) is 0. The first-order valence-electron chi connectivity index (χ1n) is 4.84. The van der Waals surface area contributed by atoms with Crippen molar-refractivity contribution in [1.82, 2.24) is 0 Å². The molecule has 3 nitrogen and oxygen atoms in total. The molecular formula is C11H15NO2S. The van der Waals surface area contributed by atoms with Crippen LogP contribution in [0.15, 0.2) is 21.5 Å². The number of rotatable bonds is 4. The molecule has 0 N–H and O–H groups in total. The molecular weight excluding hydrogens is 210 g/mol. The fourth-order valence-corrected chi connectivity index (χ4v) is 1.71. The Morgan fingerprint density at radius 1 is 1.53 bits per heavy atom. The lowest BCUT2D eigenvalue weighted by atomic mass is 10.2. The Morgan fingerprint density at radius 2 is 2.27 bits per heavy atom. The van der Waals surface area contributed by atoms with Crippen LogP contribution >= 0.6 is 11.8 Å². The van der Waals surface area contributed by atoms with Crippen LogP contribution in [0.3, 0.4) is 0 Å². The zero-order valence-corrected chi connectivity index (χ0v) is 10.1. The molecule has 1 rings (SSSR count). The van der Waals surface area contributed by atoms with Crippen molar-refractivity contribution in [2.45, 2.75) is 20.3 Å². The fourth-order valence-electron chi connectivity index (χ4n) is 1.18. The van der Waals surface area contributed by atoms with Crippen molar-refractivity contribution in [3.63, 3.8) is 0 Å². The number of furan rings is 1. The molecule has 0 fully saturated rings. The number of thioether (sulfide) groups is 1. The van der Waals surface area contributed by atoms with Gasteiger partial charge >= 0.3 is 0 Å². The maximum absolute atomic E-state index is 11.7. The number of carbonyl (C=O) groups is 1. The predicted molar refractivity (Wildman–Crippen MR) is 63.9 cm³/mol. The van der Waals surface area contributed by atoms with Gasteiger partial charge in [-0.2, -0.15) is 0 Å². The van der Waals surface area contributed by atoms with Gasteiger partial charge in [-0.1, -0.05) is 0 Å². The smallest absolute Gasteiger partial charge is 0.204 e. The summed E-state index contributed by atoms with van der Waals surface area (Å²) < 4.78 is 5.26. The van der Waals surface area contributed by atoms with E-state index in [2.05, 4.69) is 4.99 Å². The number of Topliss-reactive ketones (excluding diaryl/α,β-unsaturated/α-hetero) is 1. The average Bonchev–Trinajstić information content (AvgIpc) is 2.64. The summed E-state index contributed by atoms with van der Waals surface area (Å²) in [6.07, 6.45) is 2.26. The maximum Gasteiger partial charge on any atom is 0.204 e. The highest BCUT2D eigenvalue weighted by Crippen LogP contribution is 2.12. The van der Waals surface area contributed by atoms with E-state index >= 15 is 0 Å². The molecule has 15 heavy (non-hydrogen) atoms. The van der Waals surface area contributed by atoms with Gasteiger partial charge in [0.1, 0.15) is 5.76 Å². The Balaban J connectivity index is 2.66.